The van der Waals surface area contributed by atoms with E-state index in [4.69, 9.17) is 9.15 Å². The fourth-order valence-electron chi connectivity index (χ4n) is 3.53. The highest BCUT2D eigenvalue weighted by Gasteiger charge is 2.28. The van der Waals surface area contributed by atoms with Crippen LogP contribution in [0.15, 0.2) is 59.0 Å². The van der Waals surface area contributed by atoms with Gasteiger partial charge in [-0.2, -0.15) is 0 Å². The molecule has 0 spiro atoms. The number of esters is 1. The van der Waals surface area contributed by atoms with Crippen LogP contribution >= 0.6 is 0 Å². The SMILES string of the molecule is Cc1cc(CNC(=O)c2ccc3c(c2)CC(c2ccccc2)OC3=O)c(C)o1. The average molecular weight is 375 g/mol. The summed E-state index contributed by atoms with van der Waals surface area (Å²) < 4.78 is 11.1. The number of carbonyl (C=O) groups is 2. The minimum Gasteiger partial charge on any atom is -0.466 e. The van der Waals surface area contributed by atoms with Gasteiger partial charge in [0.1, 0.15) is 17.6 Å². The van der Waals surface area contributed by atoms with Crippen LogP contribution in [0.3, 0.4) is 0 Å². The smallest absolute Gasteiger partial charge is 0.339 e. The quantitative estimate of drug-likeness (QED) is 0.691. The second-order valence-corrected chi connectivity index (χ2v) is 7.00. The molecule has 1 aliphatic rings. The Morgan fingerprint density at radius 3 is 2.61 bits per heavy atom. The number of benzene rings is 2. The van der Waals surface area contributed by atoms with Crippen LogP contribution in [0.25, 0.3) is 0 Å². The van der Waals surface area contributed by atoms with E-state index in [1.807, 2.05) is 50.2 Å². The third-order valence-corrected chi connectivity index (χ3v) is 5.00. The number of cyclic esters (lactones) is 1. The second-order valence-electron chi connectivity index (χ2n) is 7.00. The van der Waals surface area contributed by atoms with Gasteiger partial charge in [-0.15, -0.1) is 0 Å². The Labute approximate surface area is 163 Å². The molecule has 1 N–H and O–H groups in total. The summed E-state index contributed by atoms with van der Waals surface area (Å²) in [5.74, 6) is 1.08. The van der Waals surface area contributed by atoms with Gasteiger partial charge in [0.25, 0.3) is 5.91 Å². The Hall–Kier alpha value is -3.34. The summed E-state index contributed by atoms with van der Waals surface area (Å²) in [6, 6.07) is 16.7. The highest BCUT2D eigenvalue weighted by atomic mass is 16.5. The fourth-order valence-corrected chi connectivity index (χ4v) is 3.53. The van der Waals surface area contributed by atoms with E-state index in [0.717, 1.165) is 28.2 Å². The van der Waals surface area contributed by atoms with Crippen molar-refractivity contribution in [2.75, 3.05) is 0 Å². The zero-order valence-electron chi connectivity index (χ0n) is 15.8. The summed E-state index contributed by atoms with van der Waals surface area (Å²) in [6.45, 7) is 4.15. The van der Waals surface area contributed by atoms with Crippen molar-refractivity contribution in [2.45, 2.75) is 32.9 Å². The third-order valence-electron chi connectivity index (χ3n) is 5.00. The molecule has 1 aromatic heterocycles. The lowest BCUT2D eigenvalue weighted by Gasteiger charge is -2.25. The molecule has 0 saturated carbocycles. The van der Waals surface area contributed by atoms with E-state index in [2.05, 4.69) is 5.32 Å². The van der Waals surface area contributed by atoms with Crippen molar-refractivity contribution in [2.24, 2.45) is 0 Å². The van der Waals surface area contributed by atoms with Gasteiger partial charge in [-0.05, 0) is 49.2 Å². The molecule has 1 aliphatic heterocycles. The predicted octanol–water partition coefficient (Wildman–Crippen LogP) is 4.28. The lowest BCUT2D eigenvalue weighted by atomic mass is 9.93. The van der Waals surface area contributed by atoms with Crippen molar-refractivity contribution in [3.05, 3.63) is 93.9 Å². The Balaban J connectivity index is 1.52. The minimum atomic E-state index is -0.355. The first-order valence-electron chi connectivity index (χ1n) is 9.24. The summed E-state index contributed by atoms with van der Waals surface area (Å²) >= 11 is 0. The van der Waals surface area contributed by atoms with Crippen molar-refractivity contribution in [3.63, 3.8) is 0 Å². The lowest BCUT2D eigenvalue weighted by Crippen LogP contribution is -2.25. The lowest BCUT2D eigenvalue weighted by molar-refractivity contribution is 0.0252. The van der Waals surface area contributed by atoms with Gasteiger partial charge >= 0.3 is 5.97 Å². The Morgan fingerprint density at radius 2 is 1.89 bits per heavy atom. The number of hydrogen-bond acceptors (Lipinski definition) is 4. The monoisotopic (exact) mass is 375 g/mol. The molecular weight excluding hydrogens is 354 g/mol. The van der Waals surface area contributed by atoms with E-state index in [-0.39, 0.29) is 18.0 Å². The fraction of sp³-hybridized carbons (Fsp3) is 0.217. The normalized spacial score (nSPS) is 15.6. The van der Waals surface area contributed by atoms with E-state index in [1.165, 1.54) is 0 Å². The highest BCUT2D eigenvalue weighted by Crippen LogP contribution is 2.31. The van der Waals surface area contributed by atoms with Gasteiger partial charge in [0.15, 0.2) is 0 Å². The van der Waals surface area contributed by atoms with Gasteiger partial charge in [-0.25, -0.2) is 4.79 Å². The van der Waals surface area contributed by atoms with Crippen LogP contribution in [0, 0.1) is 13.8 Å². The van der Waals surface area contributed by atoms with Crippen LogP contribution in [-0.4, -0.2) is 11.9 Å². The predicted molar refractivity (Wildman–Crippen MR) is 104 cm³/mol. The number of nitrogens with one attached hydrogen (secondary N) is 1. The molecule has 1 unspecified atom stereocenters. The van der Waals surface area contributed by atoms with Gasteiger partial charge in [-0.3, -0.25) is 4.79 Å². The van der Waals surface area contributed by atoms with E-state index in [1.54, 1.807) is 18.2 Å². The summed E-state index contributed by atoms with van der Waals surface area (Å²) in [5, 5.41) is 2.92. The molecule has 1 atom stereocenters. The van der Waals surface area contributed by atoms with Crippen LogP contribution < -0.4 is 5.32 Å². The number of rotatable bonds is 4. The van der Waals surface area contributed by atoms with Gasteiger partial charge in [0.2, 0.25) is 0 Å². The van der Waals surface area contributed by atoms with Gasteiger partial charge in [-0.1, -0.05) is 30.3 Å². The summed E-state index contributed by atoms with van der Waals surface area (Å²) in [4.78, 5) is 25.0. The maximum atomic E-state index is 12.6. The third kappa shape index (κ3) is 3.56. The molecule has 4 rings (SSSR count). The molecule has 0 radical (unpaired) electrons. The number of aryl methyl sites for hydroxylation is 2. The average Bonchev–Trinajstić information content (AvgIpc) is 3.03. The van der Waals surface area contributed by atoms with E-state index >= 15 is 0 Å². The minimum absolute atomic E-state index is 0.184. The Bertz CT molecular complexity index is 1040. The molecule has 0 bridgehead atoms. The Kier molecular flexibility index (Phi) is 4.74. The molecule has 0 fully saturated rings. The van der Waals surface area contributed by atoms with Crippen LogP contribution in [0.2, 0.25) is 0 Å². The first-order valence-corrected chi connectivity index (χ1v) is 9.24. The largest absolute Gasteiger partial charge is 0.466 e. The molecule has 5 nitrogen and oxygen atoms in total. The van der Waals surface area contributed by atoms with E-state index in [9.17, 15) is 9.59 Å². The van der Waals surface area contributed by atoms with Crippen LogP contribution in [0.1, 0.15) is 55.0 Å². The molecule has 5 heteroatoms. The van der Waals surface area contributed by atoms with Gasteiger partial charge in [0, 0.05) is 24.1 Å². The molecular formula is C23H21NO4. The molecule has 0 saturated heterocycles. The number of hydrogen-bond donors (Lipinski definition) is 1. The van der Waals surface area contributed by atoms with E-state index < -0.39 is 0 Å². The van der Waals surface area contributed by atoms with Gasteiger partial charge in [0.05, 0.1) is 5.56 Å². The molecule has 2 heterocycles. The first kappa shape index (κ1) is 18.0. The molecule has 2 aromatic carbocycles. The topological polar surface area (TPSA) is 68.5 Å². The number of amides is 1. The standard InChI is InChI=1S/C23H21NO4/c1-14-10-19(15(2)27-14)13-24-22(25)17-8-9-20-18(11-17)12-21(28-23(20)26)16-6-4-3-5-7-16/h3-11,21H,12-13H2,1-2H3,(H,24,25). The van der Waals surface area contributed by atoms with E-state index in [0.29, 0.717) is 24.1 Å². The van der Waals surface area contributed by atoms with Crippen molar-refractivity contribution >= 4 is 11.9 Å². The number of fused-ring (bicyclic) bond motifs is 1. The summed E-state index contributed by atoms with van der Waals surface area (Å²) in [5.41, 5.74) is 3.77. The zero-order valence-corrected chi connectivity index (χ0v) is 15.8. The van der Waals surface area contributed by atoms with Crippen LogP contribution in [0.4, 0.5) is 0 Å². The number of carbonyl (C=O) groups excluding carboxylic acids is 2. The first-order chi connectivity index (χ1) is 13.5. The van der Waals surface area contributed by atoms with Crippen molar-refractivity contribution in [1.82, 2.24) is 5.32 Å². The number of ether oxygens (including phenoxy) is 1. The zero-order chi connectivity index (χ0) is 19.7. The summed E-state index contributed by atoms with van der Waals surface area (Å²) in [7, 11) is 0. The molecule has 28 heavy (non-hydrogen) atoms. The van der Waals surface area contributed by atoms with Crippen molar-refractivity contribution in [1.29, 1.82) is 0 Å². The van der Waals surface area contributed by atoms with Crippen molar-refractivity contribution in [3.8, 4) is 0 Å². The maximum Gasteiger partial charge on any atom is 0.339 e. The molecule has 3 aromatic rings. The van der Waals surface area contributed by atoms with Gasteiger partial charge < -0.3 is 14.5 Å². The molecule has 0 aliphatic carbocycles. The molecule has 142 valence electrons. The highest BCUT2D eigenvalue weighted by molar-refractivity contribution is 5.97. The Morgan fingerprint density at radius 1 is 1.11 bits per heavy atom. The number of furan rings is 1. The maximum absolute atomic E-state index is 12.6. The molecule has 1 amide bonds. The van der Waals surface area contributed by atoms with Crippen LogP contribution in [0.5, 0.6) is 0 Å². The van der Waals surface area contributed by atoms with Crippen molar-refractivity contribution < 1.29 is 18.7 Å². The summed E-state index contributed by atoms with van der Waals surface area (Å²) in [6.07, 6.45) is 0.211. The van der Waals surface area contributed by atoms with Crippen LogP contribution in [-0.2, 0) is 17.7 Å². The second kappa shape index (κ2) is 7.35.